The van der Waals surface area contributed by atoms with Gasteiger partial charge in [-0.25, -0.2) is 18.6 Å². The number of aromatic carboxylic acids is 1. The first-order valence-corrected chi connectivity index (χ1v) is 4.70. The summed E-state index contributed by atoms with van der Waals surface area (Å²) < 4.78 is 25.1. The van der Waals surface area contributed by atoms with Gasteiger partial charge in [0, 0.05) is 5.56 Å². The Morgan fingerprint density at radius 1 is 1.64 bits per heavy atom. The molecule has 0 bridgehead atoms. The van der Waals surface area contributed by atoms with Crippen molar-refractivity contribution < 1.29 is 18.7 Å². The van der Waals surface area contributed by atoms with Crippen molar-refractivity contribution >= 4 is 28.6 Å². The number of nitrogens with zero attached hydrogens (tertiary/aromatic N) is 1. The fraction of sp³-hybridized carbons (Fsp3) is 0.250. The fourth-order valence-corrected chi connectivity index (χ4v) is 1.61. The lowest BCUT2D eigenvalue weighted by atomic mass is 10.1. The molecule has 0 spiro atoms. The average molecular weight is 313 g/mol. The highest BCUT2D eigenvalue weighted by Gasteiger charge is 2.19. The fourth-order valence-electron chi connectivity index (χ4n) is 1.03. The molecule has 1 aromatic rings. The van der Waals surface area contributed by atoms with Crippen LogP contribution in [0.3, 0.4) is 0 Å². The van der Waals surface area contributed by atoms with Gasteiger partial charge >= 0.3 is 5.97 Å². The van der Waals surface area contributed by atoms with Gasteiger partial charge in [0.15, 0.2) is 5.69 Å². The minimum Gasteiger partial charge on any atom is -0.477 e. The third-order valence-electron chi connectivity index (χ3n) is 1.72. The van der Waals surface area contributed by atoms with Crippen LogP contribution < -0.4 is 0 Å². The van der Waals surface area contributed by atoms with Crippen LogP contribution in [0, 0.1) is 10.6 Å². The maximum Gasteiger partial charge on any atom is 0.354 e. The van der Waals surface area contributed by atoms with Crippen LogP contribution in [-0.2, 0) is 0 Å². The molecular weight excluding hydrogens is 307 g/mol. The van der Waals surface area contributed by atoms with Gasteiger partial charge < -0.3 is 5.11 Å². The molecule has 3 nitrogen and oxygen atoms in total. The summed E-state index contributed by atoms with van der Waals surface area (Å²) in [6.07, 6.45) is -2.68. The number of hydrogen-bond acceptors (Lipinski definition) is 2. The largest absolute Gasteiger partial charge is 0.477 e. The van der Waals surface area contributed by atoms with Crippen molar-refractivity contribution in [3.63, 3.8) is 0 Å². The summed E-state index contributed by atoms with van der Waals surface area (Å²) in [6, 6.07) is 1.19. The lowest BCUT2D eigenvalue weighted by Crippen LogP contribution is -2.08. The Labute approximate surface area is 92.3 Å². The number of pyridine rings is 1. The Balaban J connectivity index is 3.40. The van der Waals surface area contributed by atoms with Crippen molar-refractivity contribution in [3.05, 3.63) is 26.6 Å². The monoisotopic (exact) mass is 313 g/mol. The number of carbonyl (C=O) groups is 1. The Hall–Kier alpha value is -0.790. The Morgan fingerprint density at radius 3 is 2.64 bits per heavy atom. The first kappa shape index (κ1) is 11.3. The van der Waals surface area contributed by atoms with Crippen LogP contribution in [0.2, 0.25) is 0 Å². The summed E-state index contributed by atoms with van der Waals surface area (Å²) in [5.74, 6) is -1.29. The van der Waals surface area contributed by atoms with E-state index in [2.05, 4.69) is 4.98 Å². The van der Waals surface area contributed by atoms with E-state index in [1.54, 1.807) is 22.6 Å². The topological polar surface area (TPSA) is 50.2 Å². The molecule has 0 atom stereocenters. The highest BCUT2D eigenvalue weighted by molar-refractivity contribution is 14.1. The zero-order valence-electron chi connectivity index (χ0n) is 7.09. The van der Waals surface area contributed by atoms with Crippen LogP contribution in [0.1, 0.15) is 28.0 Å². The molecule has 1 rings (SSSR count). The molecule has 1 N–H and O–H groups in total. The number of rotatable bonds is 2. The Bertz CT molecular complexity index is 382. The van der Waals surface area contributed by atoms with Gasteiger partial charge in [-0.05, 0) is 41.1 Å². The van der Waals surface area contributed by atoms with Crippen LogP contribution >= 0.6 is 22.6 Å². The van der Waals surface area contributed by atoms with Crippen molar-refractivity contribution in [1.29, 1.82) is 0 Å². The zero-order valence-corrected chi connectivity index (χ0v) is 9.25. The smallest absolute Gasteiger partial charge is 0.354 e. The maximum absolute atomic E-state index is 12.4. The molecule has 0 radical (unpaired) electrons. The molecule has 14 heavy (non-hydrogen) atoms. The standard InChI is InChI=1S/C8H6F2INO2/c1-3-4(7(9)10)2-5(11)12-6(3)8(13)14/h2,7H,1H3,(H,13,14). The van der Waals surface area contributed by atoms with E-state index in [1.165, 1.54) is 13.0 Å². The van der Waals surface area contributed by atoms with Gasteiger partial charge in [0.1, 0.15) is 3.70 Å². The molecular formula is C8H6F2INO2. The van der Waals surface area contributed by atoms with Crippen LogP contribution in [0.15, 0.2) is 6.07 Å². The van der Waals surface area contributed by atoms with Crippen molar-refractivity contribution in [1.82, 2.24) is 4.98 Å². The second-order valence-corrected chi connectivity index (χ2v) is 3.72. The Morgan fingerprint density at radius 2 is 2.21 bits per heavy atom. The second-order valence-electron chi connectivity index (χ2n) is 2.61. The highest BCUT2D eigenvalue weighted by Crippen LogP contribution is 2.25. The van der Waals surface area contributed by atoms with Crippen LogP contribution in [0.4, 0.5) is 8.78 Å². The van der Waals surface area contributed by atoms with E-state index in [0.29, 0.717) is 0 Å². The van der Waals surface area contributed by atoms with Crippen molar-refractivity contribution in [2.24, 2.45) is 0 Å². The lowest BCUT2D eigenvalue weighted by Gasteiger charge is -2.07. The van der Waals surface area contributed by atoms with E-state index < -0.39 is 12.4 Å². The summed E-state index contributed by atoms with van der Waals surface area (Å²) in [5, 5.41) is 8.69. The van der Waals surface area contributed by atoms with E-state index in [9.17, 15) is 13.6 Å². The molecule has 0 amide bonds. The SMILES string of the molecule is Cc1c(C(F)F)cc(I)nc1C(=O)O. The number of hydrogen-bond donors (Lipinski definition) is 1. The van der Waals surface area contributed by atoms with E-state index in [1.807, 2.05) is 0 Å². The van der Waals surface area contributed by atoms with Gasteiger partial charge in [-0.2, -0.15) is 0 Å². The normalized spacial score (nSPS) is 10.6. The third-order valence-corrected chi connectivity index (χ3v) is 2.27. The summed E-state index contributed by atoms with van der Waals surface area (Å²) in [6.45, 7) is 1.33. The molecule has 76 valence electrons. The predicted molar refractivity (Wildman–Crippen MR) is 53.6 cm³/mol. The molecule has 0 aromatic carbocycles. The molecule has 0 saturated carbocycles. The first-order chi connectivity index (χ1) is 6.43. The molecule has 0 aliphatic rings. The van der Waals surface area contributed by atoms with Gasteiger partial charge in [-0.15, -0.1) is 0 Å². The molecule has 0 saturated heterocycles. The minimum absolute atomic E-state index is 0.0212. The minimum atomic E-state index is -2.68. The average Bonchev–Trinajstić information content (AvgIpc) is 2.07. The second kappa shape index (κ2) is 4.16. The van der Waals surface area contributed by atoms with E-state index in [4.69, 9.17) is 5.11 Å². The molecule has 0 aliphatic heterocycles. The zero-order chi connectivity index (χ0) is 10.9. The summed E-state index contributed by atoms with van der Waals surface area (Å²) in [5.41, 5.74) is -0.568. The van der Waals surface area contributed by atoms with E-state index >= 15 is 0 Å². The molecule has 1 aromatic heterocycles. The van der Waals surface area contributed by atoms with E-state index in [-0.39, 0.29) is 20.5 Å². The quantitative estimate of drug-likeness (QED) is 0.674. The van der Waals surface area contributed by atoms with E-state index in [0.717, 1.165) is 0 Å². The van der Waals surface area contributed by atoms with Gasteiger partial charge in [-0.3, -0.25) is 0 Å². The molecule has 1 heterocycles. The predicted octanol–water partition coefficient (Wildman–Crippen LogP) is 2.63. The van der Waals surface area contributed by atoms with Crippen molar-refractivity contribution in [2.45, 2.75) is 13.3 Å². The van der Waals surface area contributed by atoms with Crippen LogP contribution in [0.5, 0.6) is 0 Å². The van der Waals surface area contributed by atoms with Crippen LogP contribution in [-0.4, -0.2) is 16.1 Å². The third kappa shape index (κ3) is 2.17. The first-order valence-electron chi connectivity index (χ1n) is 3.62. The molecule has 0 unspecified atom stereocenters. The molecule has 6 heteroatoms. The van der Waals surface area contributed by atoms with Crippen LogP contribution in [0.25, 0.3) is 0 Å². The number of halogens is 3. The van der Waals surface area contributed by atoms with Crippen molar-refractivity contribution in [2.75, 3.05) is 0 Å². The van der Waals surface area contributed by atoms with Crippen molar-refractivity contribution in [3.8, 4) is 0 Å². The summed E-state index contributed by atoms with van der Waals surface area (Å²) in [4.78, 5) is 14.3. The number of aromatic nitrogens is 1. The maximum atomic E-state index is 12.4. The van der Waals surface area contributed by atoms with Gasteiger partial charge in [0.2, 0.25) is 0 Å². The molecule has 0 fully saturated rings. The van der Waals surface area contributed by atoms with Gasteiger partial charge in [-0.1, -0.05) is 0 Å². The summed E-state index contributed by atoms with van der Waals surface area (Å²) >= 11 is 1.71. The van der Waals surface area contributed by atoms with Gasteiger partial charge in [0.25, 0.3) is 6.43 Å². The highest BCUT2D eigenvalue weighted by atomic mass is 127. The number of carboxylic acids is 1. The van der Waals surface area contributed by atoms with Gasteiger partial charge in [0.05, 0.1) is 0 Å². The number of alkyl halides is 2. The lowest BCUT2D eigenvalue weighted by molar-refractivity contribution is 0.0688. The molecule has 0 aliphatic carbocycles. The number of carboxylic acid groups (broad SMARTS) is 1. The Kier molecular flexibility index (Phi) is 3.35. The summed E-state index contributed by atoms with van der Waals surface area (Å²) in [7, 11) is 0.